The van der Waals surface area contributed by atoms with Crippen LogP contribution >= 0.6 is 0 Å². The summed E-state index contributed by atoms with van der Waals surface area (Å²) in [5.74, 6) is 4.56. The first kappa shape index (κ1) is 13.3. The minimum absolute atomic E-state index is 0.221. The van der Waals surface area contributed by atoms with Gasteiger partial charge in [-0.15, -0.1) is 5.92 Å². The molecule has 0 aromatic heterocycles. The van der Waals surface area contributed by atoms with Crippen molar-refractivity contribution in [2.45, 2.75) is 76.9 Å². The Morgan fingerprint density at radius 3 is 2.05 bits per heavy atom. The van der Waals surface area contributed by atoms with Crippen LogP contribution in [0, 0.1) is 11.8 Å². The summed E-state index contributed by atoms with van der Waals surface area (Å²) in [4.78, 5) is 0. The number of hydrogen-bond donors (Lipinski definition) is 0. The number of fused-ring (bicyclic) bond motifs is 3. The van der Waals surface area contributed by atoms with Crippen LogP contribution in [0.4, 0.5) is 0 Å². The van der Waals surface area contributed by atoms with Crippen LogP contribution in [0.3, 0.4) is 0 Å². The lowest BCUT2D eigenvalue weighted by molar-refractivity contribution is -0.220. The molecule has 3 aliphatic rings. The van der Waals surface area contributed by atoms with Crippen molar-refractivity contribution in [2.75, 3.05) is 0 Å². The van der Waals surface area contributed by atoms with Crippen LogP contribution in [-0.4, -0.2) is 42.3 Å². The van der Waals surface area contributed by atoms with E-state index < -0.39 is 17.9 Å². The predicted molar refractivity (Wildman–Crippen MR) is 66.0 cm³/mol. The lowest BCUT2D eigenvalue weighted by Gasteiger charge is -2.34. The first-order valence-corrected chi connectivity index (χ1v) is 6.60. The molecule has 0 N–H and O–H groups in total. The smallest absolute Gasteiger partial charge is 0.191 e. The van der Waals surface area contributed by atoms with Gasteiger partial charge in [0.15, 0.2) is 17.9 Å². The lowest BCUT2D eigenvalue weighted by Crippen LogP contribution is -2.54. The van der Waals surface area contributed by atoms with Crippen molar-refractivity contribution in [2.24, 2.45) is 0 Å². The molecule has 0 saturated carbocycles. The SMILES string of the molecule is CC#C[C@@H]1OC2OC(C)(C)O[C@H]2[C@@H]2OC(C)(C)O[C@@H]21. The first-order chi connectivity index (χ1) is 8.81. The van der Waals surface area contributed by atoms with Crippen LogP contribution in [-0.2, 0) is 23.7 Å². The Bertz CT molecular complexity index is 433. The van der Waals surface area contributed by atoms with E-state index in [1.165, 1.54) is 0 Å². The van der Waals surface area contributed by atoms with Gasteiger partial charge in [-0.1, -0.05) is 5.92 Å². The molecule has 0 amide bonds. The monoisotopic (exact) mass is 268 g/mol. The fourth-order valence-electron chi connectivity index (χ4n) is 2.87. The Labute approximate surface area is 113 Å². The fraction of sp³-hybridized carbons (Fsp3) is 0.857. The van der Waals surface area contributed by atoms with Crippen LogP contribution in [0.25, 0.3) is 0 Å². The molecule has 3 fully saturated rings. The molecule has 0 aliphatic carbocycles. The summed E-state index contributed by atoms with van der Waals surface area (Å²) in [5.41, 5.74) is 0. The van der Waals surface area contributed by atoms with E-state index in [1.54, 1.807) is 6.92 Å². The van der Waals surface area contributed by atoms with Crippen molar-refractivity contribution < 1.29 is 23.7 Å². The van der Waals surface area contributed by atoms with Gasteiger partial charge in [-0.25, -0.2) is 0 Å². The van der Waals surface area contributed by atoms with Crippen molar-refractivity contribution in [3.05, 3.63) is 0 Å². The summed E-state index contributed by atoms with van der Waals surface area (Å²) in [5, 5.41) is 0. The van der Waals surface area contributed by atoms with Crippen LogP contribution < -0.4 is 0 Å². The van der Waals surface area contributed by atoms with Crippen molar-refractivity contribution in [3.63, 3.8) is 0 Å². The molecule has 5 heteroatoms. The minimum atomic E-state index is -0.676. The zero-order valence-corrected chi connectivity index (χ0v) is 11.9. The summed E-state index contributed by atoms with van der Waals surface area (Å²) in [6.07, 6.45) is -1.56. The molecule has 3 saturated heterocycles. The van der Waals surface area contributed by atoms with Gasteiger partial charge in [0, 0.05) is 0 Å². The maximum atomic E-state index is 5.96. The summed E-state index contributed by atoms with van der Waals surface area (Å²) in [6.45, 7) is 9.28. The van der Waals surface area contributed by atoms with E-state index >= 15 is 0 Å². The molecule has 1 unspecified atom stereocenters. The Balaban J connectivity index is 1.90. The van der Waals surface area contributed by atoms with E-state index in [0.29, 0.717) is 0 Å². The maximum absolute atomic E-state index is 5.96. The van der Waals surface area contributed by atoms with Crippen molar-refractivity contribution in [1.82, 2.24) is 0 Å². The molecule has 106 valence electrons. The predicted octanol–water partition coefficient (Wildman–Crippen LogP) is 1.41. The highest BCUT2D eigenvalue weighted by Gasteiger charge is 2.60. The van der Waals surface area contributed by atoms with E-state index in [1.807, 2.05) is 27.7 Å². The number of hydrogen-bond acceptors (Lipinski definition) is 5. The zero-order chi connectivity index (χ0) is 13.8. The van der Waals surface area contributed by atoms with Crippen LogP contribution in [0.1, 0.15) is 34.6 Å². The summed E-state index contributed by atoms with van der Waals surface area (Å²) in [7, 11) is 0. The van der Waals surface area contributed by atoms with Gasteiger partial charge in [0.1, 0.15) is 24.4 Å². The van der Waals surface area contributed by atoms with Gasteiger partial charge >= 0.3 is 0 Å². The summed E-state index contributed by atoms with van der Waals surface area (Å²) >= 11 is 0. The molecule has 0 spiro atoms. The maximum Gasteiger partial charge on any atom is 0.191 e. The average Bonchev–Trinajstić information content (AvgIpc) is 2.74. The molecule has 0 bridgehead atoms. The van der Waals surface area contributed by atoms with Crippen molar-refractivity contribution in [1.29, 1.82) is 0 Å². The second-order valence-electron chi connectivity index (χ2n) is 5.98. The third kappa shape index (κ3) is 2.28. The van der Waals surface area contributed by atoms with Crippen molar-refractivity contribution >= 4 is 0 Å². The fourth-order valence-corrected chi connectivity index (χ4v) is 2.87. The topological polar surface area (TPSA) is 46.2 Å². The molecule has 3 heterocycles. The third-order valence-corrected chi connectivity index (χ3v) is 3.44. The molecular weight excluding hydrogens is 248 g/mol. The molecule has 0 radical (unpaired) electrons. The van der Waals surface area contributed by atoms with Crippen LogP contribution in [0.5, 0.6) is 0 Å². The van der Waals surface area contributed by atoms with E-state index in [4.69, 9.17) is 23.7 Å². The van der Waals surface area contributed by atoms with E-state index in [-0.39, 0.29) is 24.4 Å². The van der Waals surface area contributed by atoms with Crippen molar-refractivity contribution in [3.8, 4) is 11.8 Å². The molecule has 3 aliphatic heterocycles. The normalized spacial score (nSPS) is 46.1. The minimum Gasteiger partial charge on any atom is -0.341 e. The number of rotatable bonds is 0. The van der Waals surface area contributed by atoms with Crippen LogP contribution in [0.2, 0.25) is 0 Å². The van der Waals surface area contributed by atoms with Gasteiger partial charge in [-0.3, -0.25) is 0 Å². The molecule has 0 aromatic carbocycles. The highest BCUT2D eigenvalue weighted by atomic mass is 16.9. The molecule has 5 atom stereocenters. The Morgan fingerprint density at radius 1 is 0.789 bits per heavy atom. The molecule has 19 heavy (non-hydrogen) atoms. The standard InChI is InChI=1S/C14H20O5/c1-6-7-8-9-10(17-13(2,3)16-9)11-12(15-8)19-14(4,5)18-11/h8-12H,1-5H3/t8-,9+,10+,11-,12?/m0/s1. The Kier molecular flexibility index (Phi) is 2.93. The van der Waals surface area contributed by atoms with Gasteiger partial charge < -0.3 is 23.7 Å². The Morgan fingerprint density at radius 2 is 1.37 bits per heavy atom. The van der Waals surface area contributed by atoms with Gasteiger partial charge in [-0.05, 0) is 34.6 Å². The first-order valence-electron chi connectivity index (χ1n) is 6.60. The van der Waals surface area contributed by atoms with Gasteiger partial charge in [0.2, 0.25) is 0 Å². The van der Waals surface area contributed by atoms with Gasteiger partial charge in [0.05, 0.1) is 0 Å². The molecular formula is C14H20O5. The second kappa shape index (κ2) is 4.18. The highest BCUT2D eigenvalue weighted by Crippen LogP contribution is 2.43. The van der Waals surface area contributed by atoms with Gasteiger partial charge in [-0.2, -0.15) is 0 Å². The summed E-state index contributed by atoms with van der Waals surface area (Å²) < 4.78 is 29.4. The van der Waals surface area contributed by atoms with E-state index in [9.17, 15) is 0 Å². The zero-order valence-electron chi connectivity index (χ0n) is 11.9. The second-order valence-corrected chi connectivity index (χ2v) is 5.98. The molecule has 3 rings (SSSR count). The van der Waals surface area contributed by atoms with Gasteiger partial charge in [0.25, 0.3) is 0 Å². The van der Waals surface area contributed by atoms with E-state index in [0.717, 1.165) is 0 Å². The number of ether oxygens (including phenoxy) is 5. The average molecular weight is 268 g/mol. The van der Waals surface area contributed by atoms with Crippen LogP contribution in [0.15, 0.2) is 0 Å². The third-order valence-electron chi connectivity index (χ3n) is 3.44. The molecule has 5 nitrogen and oxygen atoms in total. The molecule has 0 aromatic rings. The quantitative estimate of drug-likeness (QED) is 0.622. The largest absolute Gasteiger partial charge is 0.341 e. The lowest BCUT2D eigenvalue weighted by atomic mass is 9.99. The van der Waals surface area contributed by atoms with E-state index in [2.05, 4.69) is 11.8 Å². The Hall–Kier alpha value is -0.640. The summed E-state index contributed by atoms with van der Waals surface area (Å²) in [6, 6.07) is 0. The highest BCUT2D eigenvalue weighted by molar-refractivity contribution is 5.13.